The normalized spacial score (nSPS) is 14.7. The van der Waals surface area contributed by atoms with Gasteiger partial charge in [-0.25, -0.2) is 0 Å². The van der Waals surface area contributed by atoms with Gasteiger partial charge in [0.25, 0.3) is 17.6 Å². The van der Waals surface area contributed by atoms with Crippen LogP contribution < -0.4 is 19.7 Å². The largest absolute Gasteiger partial charge is 0.490 e. The summed E-state index contributed by atoms with van der Waals surface area (Å²) < 4.78 is 16.0. The number of benzene rings is 2. The fourth-order valence-electron chi connectivity index (χ4n) is 3.16. The van der Waals surface area contributed by atoms with Crippen molar-refractivity contribution >= 4 is 34.9 Å². The molecule has 0 saturated carbocycles. The number of amides is 2. The van der Waals surface area contributed by atoms with Gasteiger partial charge in [-0.3, -0.25) is 24.1 Å². The van der Waals surface area contributed by atoms with Crippen molar-refractivity contribution in [3.63, 3.8) is 0 Å². The maximum atomic E-state index is 12.1. The van der Waals surface area contributed by atoms with E-state index < -0.39 is 36.7 Å². The summed E-state index contributed by atoms with van der Waals surface area (Å²) in [6.07, 6.45) is 0.766. The molecule has 2 amide bonds. The number of ether oxygens (including phenoxy) is 3. The fraction of sp³-hybridized carbons (Fsp3) is 0.238. The average molecular weight is 410 g/mol. The molecule has 30 heavy (non-hydrogen) atoms. The van der Waals surface area contributed by atoms with Crippen molar-refractivity contribution in [2.24, 2.45) is 0 Å². The predicted octanol–water partition coefficient (Wildman–Crippen LogP) is 1.56. The molecule has 154 valence electrons. The average Bonchev–Trinajstić information content (AvgIpc) is 2.91. The third kappa shape index (κ3) is 3.95. The first kappa shape index (κ1) is 19.4. The van der Waals surface area contributed by atoms with Crippen LogP contribution in [0.1, 0.15) is 16.8 Å². The Hall–Kier alpha value is -3.88. The number of Topliss-reactive ketones (excluding diaryl/α,β-unsaturated/α-hetero) is 1. The minimum absolute atomic E-state index is 0.238. The van der Waals surface area contributed by atoms with Crippen molar-refractivity contribution < 1.29 is 33.4 Å². The van der Waals surface area contributed by atoms with Gasteiger partial charge in [-0.1, -0.05) is 12.1 Å². The Morgan fingerprint density at radius 3 is 2.63 bits per heavy atom. The van der Waals surface area contributed by atoms with E-state index >= 15 is 0 Å². The molecule has 1 N–H and O–H groups in total. The van der Waals surface area contributed by atoms with E-state index in [4.69, 9.17) is 14.2 Å². The molecule has 9 heteroatoms. The lowest BCUT2D eigenvalue weighted by Gasteiger charge is -2.15. The number of hydrogen-bond donors (Lipinski definition) is 1. The summed E-state index contributed by atoms with van der Waals surface area (Å²) in [4.78, 5) is 49.3. The van der Waals surface area contributed by atoms with Crippen LogP contribution in [0.4, 0.5) is 11.4 Å². The molecular formula is C21H18N2O7. The van der Waals surface area contributed by atoms with E-state index in [2.05, 4.69) is 5.32 Å². The molecule has 2 aliphatic heterocycles. The highest BCUT2D eigenvalue weighted by atomic mass is 16.5. The van der Waals surface area contributed by atoms with Crippen LogP contribution in [0.2, 0.25) is 0 Å². The van der Waals surface area contributed by atoms with Crippen LogP contribution in [0.3, 0.4) is 0 Å². The highest BCUT2D eigenvalue weighted by molar-refractivity contribution is 6.52. The minimum atomic E-state index is -0.804. The molecule has 0 spiro atoms. The van der Waals surface area contributed by atoms with Crippen molar-refractivity contribution in [2.45, 2.75) is 6.42 Å². The van der Waals surface area contributed by atoms with E-state index in [1.807, 2.05) is 0 Å². The van der Waals surface area contributed by atoms with Gasteiger partial charge in [0.1, 0.15) is 6.54 Å². The van der Waals surface area contributed by atoms with E-state index in [0.717, 1.165) is 11.3 Å². The summed E-state index contributed by atoms with van der Waals surface area (Å²) in [5.74, 6) is -1.71. The molecule has 2 aliphatic rings. The maximum Gasteiger partial charge on any atom is 0.326 e. The monoisotopic (exact) mass is 410 g/mol. The number of hydrogen-bond acceptors (Lipinski definition) is 7. The highest BCUT2D eigenvalue weighted by Gasteiger charge is 2.36. The number of carbonyl (C=O) groups is 4. The van der Waals surface area contributed by atoms with Gasteiger partial charge in [0, 0.05) is 18.2 Å². The lowest BCUT2D eigenvalue weighted by atomic mass is 10.1. The third-order valence-corrected chi connectivity index (χ3v) is 4.56. The molecular weight excluding hydrogens is 392 g/mol. The molecule has 0 fully saturated rings. The van der Waals surface area contributed by atoms with Crippen molar-refractivity contribution in [3.05, 3.63) is 48.0 Å². The third-order valence-electron chi connectivity index (χ3n) is 4.56. The molecule has 0 atom stereocenters. The van der Waals surface area contributed by atoms with Crippen LogP contribution >= 0.6 is 0 Å². The van der Waals surface area contributed by atoms with Gasteiger partial charge in [0.15, 0.2) is 18.1 Å². The zero-order chi connectivity index (χ0) is 21.1. The Balaban J connectivity index is 1.31. The Morgan fingerprint density at radius 2 is 1.80 bits per heavy atom. The molecule has 0 aromatic heterocycles. The Morgan fingerprint density at radius 1 is 1.03 bits per heavy atom. The van der Waals surface area contributed by atoms with E-state index in [-0.39, 0.29) is 5.56 Å². The van der Waals surface area contributed by atoms with Gasteiger partial charge in [0.05, 0.1) is 24.5 Å². The molecule has 2 aromatic carbocycles. The molecule has 0 bridgehead atoms. The molecule has 2 heterocycles. The van der Waals surface area contributed by atoms with E-state index in [9.17, 15) is 19.2 Å². The van der Waals surface area contributed by atoms with Crippen LogP contribution in [0.15, 0.2) is 42.5 Å². The number of para-hydroxylation sites is 1. The van der Waals surface area contributed by atoms with Crippen LogP contribution in [-0.2, 0) is 19.1 Å². The standard InChI is InChI=1S/C21H18N2O7/c24-18(22-13-6-7-16-17(10-13)29-9-3-8-28-16)12-30-19(25)11-23-15-5-2-1-4-14(15)20(26)21(23)27/h1-2,4-7,10H,3,8-9,11-12H2,(H,22,24). The van der Waals surface area contributed by atoms with E-state index in [1.54, 1.807) is 36.4 Å². The summed E-state index contributed by atoms with van der Waals surface area (Å²) in [7, 11) is 0. The van der Waals surface area contributed by atoms with Crippen molar-refractivity contribution in [1.82, 2.24) is 0 Å². The summed E-state index contributed by atoms with van der Waals surface area (Å²) in [6, 6.07) is 11.4. The quantitative estimate of drug-likeness (QED) is 0.588. The lowest BCUT2D eigenvalue weighted by Crippen LogP contribution is -2.36. The zero-order valence-electron chi connectivity index (χ0n) is 15.9. The number of esters is 1. The van der Waals surface area contributed by atoms with E-state index in [1.165, 1.54) is 6.07 Å². The van der Waals surface area contributed by atoms with Gasteiger partial charge in [-0.2, -0.15) is 0 Å². The number of carbonyl (C=O) groups excluding carboxylic acids is 4. The van der Waals surface area contributed by atoms with Crippen LogP contribution in [0.5, 0.6) is 11.5 Å². The van der Waals surface area contributed by atoms with Crippen molar-refractivity contribution in [1.29, 1.82) is 0 Å². The smallest absolute Gasteiger partial charge is 0.326 e. The molecule has 0 saturated heterocycles. The topological polar surface area (TPSA) is 111 Å². The van der Waals surface area contributed by atoms with Gasteiger partial charge in [0.2, 0.25) is 0 Å². The number of rotatable bonds is 5. The molecule has 0 radical (unpaired) electrons. The molecule has 0 aliphatic carbocycles. The summed E-state index contributed by atoms with van der Waals surface area (Å²) in [5.41, 5.74) is 1.05. The summed E-state index contributed by atoms with van der Waals surface area (Å²) in [5, 5.41) is 2.61. The number of nitrogens with one attached hydrogen (secondary N) is 1. The SMILES string of the molecule is O=C(COC(=O)CN1C(=O)C(=O)c2ccccc21)Nc1ccc2c(c1)OCCCO2. The molecule has 9 nitrogen and oxygen atoms in total. The van der Waals surface area contributed by atoms with Crippen molar-refractivity contribution in [3.8, 4) is 11.5 Å². The zero-order valence-corrected chi connectivity index (χ0v) is 15.9. The van der Waals surface area contributed by atoms with Gasteiger partial charge >= 0.3 is 5.97 Å². The van der Waals surface area contributed by atoms with E-state index in [0.29, 0.717) is 36.1 Å². The number of fused-ring (bicyclic) bond motifs is 2. The Labute approximate surface area is 171 Å². The predicted molar refractivity (Wildman–Crippen MR) is 105 cm³/mol. The second-order valence-electron chi connectivity index (χ2n) is 6.66. The molecule has 4 rings (SSSR count). The second kappa shape index (κ2) is 8.24. The lowest BCUT2D eigenvalue weighted by molar-refractivity contribution is -0.146. The second-order valence-corrected chi connectivity index (χ2v) is 6.66. The van der Waals surface area contributed by atoms with Crippen molar-refractivity contribution in [2.75, 3.05) is 36.6 Å². The Bertz CT molecular complexity index is 1030. The summed E-state index contributed by atoms with van der Waals surface area (Å²) in [6.45, 7) is 0.0803. The number of nitrogens with zero attached hydrogens (tertiary/aromatic N) is 1. The first-order chi connectivity index (χ1) is 14.5. The van der Waals surface area contributed by atoms with Gasteiger partial charge in [-0.05, 0) is 24.3 Å². The van der Waals surface area contributed by atoms with Gasteiger partial charge < -0.3 is 19.5 Å². The van der Waals surface area contributed by atoms with Crippen LogP contribution in [0, 0.1) is 0 Å². The number of anilines is 2. The fourth-order valence-corrected chi connectivity index (χ4v) is 3.16. The van der Waals surface area contributed by atoms with Crippen LogP contribution in [0.25, 0.3) is 0 Å². The maximum absolute atomic E-state index is 12.1. The highest BCUT2D eigenvalue weighted by Crippen LogP contribution is 2.32. The summed E-state index contributed by atoms with van der Waals surface area (Å²) >= 11 is 0. The molecule has 0 unspecified atom stereocenters. The Kier molecular flexibility index (Phi) is 5.34. The number of ketones is 1. The minimum Gasteiger partial charge on any atom is -0.490 e. The first-order valence-electron chi connectivity index (χ1n) is 9.33. The van der Waals surface area contributed by atoms with Crippen LogP contribution in [-0.4, -0.2) is 49.9 Å². The molecule has 2 aromatic rings. The van der Waals surface area contributed by atoms with Gasteiger partial charge in [-0.15, -0.1) is 0 Å². The first-order valence-corrected chi connectivity index (χ1v) is 9.33.